The van der Waals surface area contributed by atoms with Crippen LogP contribution in [-0.2, 0) is 22.6 Å². The molecule has 0 saturated heterocycles. The normalized spacial score (nSPS) is 16.3. The van der Waals surface area contributed by atoms with Crippen molar-refractivity contribution in [2.75, 3.05) is 5.75 Å². The van der Waals surface area contributed by atoms with E-state index in [1.165, 1.54) is 23.1 Å². The van der Waals surface area contributed by atoms with E-state index in [4.69, 9.17) is 15.5 Å². The van der Waals surface area contributed by atoms with Crippen molar-refractivity contribution in [3.63, 3.8) is 0 Å². The summed E-state index contributed by atoms with van der Waals surface area (Å²) in [7, 11) is 0. The van der Waals surface area contributed by atoms with Crippen molar-refractivity contribution in [1.82, 2.24) is 9.55 Å². The van der Waals surface area contributed by atoms with Crippen molar-refractivity contribution >= 4 is 39.2 Å². The van der Waals surface area contributed by atoms with Gasteiger partial charge in [0.05, 0.1) is 29.5 Å². The molecule has 1 aromatic carbocycles. The zero-order valence-electron chi connectivity index (χ0n) is 16.6. The van der Waals surface area contributed by atoms with Gasteiger partial charge < -0.3 is 10.5 Å². The van der Waals surface area contributed by atoms with Crippen LogP contribution in [0, 0.1) is 12.8 Å². The number of amides is 1. The van der Waals surface area contributed by atoms with Crippen molar-refractivity contribution < 1.29 is 9.53 Å². The molecule has 29 heavy (non-hydrogen) atoms. The number of thioether (sulfide) groups is 1. The number of ether oxygens (including phenoxy) is 1. The van der Waals surface area contributed by atoms with Gasteiger partial charge in [0.15, 0.2) is 5.16 Å². The van der Waals surface area contributed by atoms with Crippen molar-refractivity contribution in [1.29, 1.82) is 0 Å². The Morgan fingerprint density at radius 3 is 2.93 bits per heavy atom. The first-order valence-electron chi connectivity index (χ1n) is 9.52. The lowest BCUT2D eigenvalue weighted by atomic mass is 9.96. The number of hydrogen-bond acceptors (Lipinski definition) is 6. The van der Waals surface area contributed by atoms with Gasteiger partial charge in [-0.25, -0.2) is 4.98 Å². The maximum Gasteiger partial charge on any atom is 0.267 e. The highest BCUT2D eigenvalue weighted by molar-refractivity contribution is 7.99. The lowest BCUT2D eigenvalue weighted by Crippen LogP contribution is -2.28. The van der Waals surface area contributed by atoms with Crippen LogP contribution in [0.4, 0.5) is 0 Å². The van der Waals surface area contributed by atoms with Crippen molar-refractivity contribution in [3.05, 3.63) is 50.6 Å². The molecule has 6 nitrogen and oxygen atoms in total. The number of thiophene rings is 1. The summed E-state index contributed by atoms with van der Waals surface area (Å²) in [5.74, 6) is -0.0119. The number of primary amides is 1. The molecule has 1 atom stereocenters. The molecular weight excluding hydrogens is 406 g/mol. The average Bonchev–Trinajstić information content (AvgIpc) is 3.04. The average molecular weight is 430 g/mol. The van der Waals surface area contributed by atoms with E-state index in [0.29, 0.717) is 34.3 Å². The largest absolute Gasteiger partial charge is 0.372 e. The summed E-state index contributed by atoms with van der Waals surface area (Å²) in [6.07, 6.45) is 0.807. The first-order valence-corrected chi connectivity index (χ1v) is 11.3. The summed E-state index contributed by atoms with van der Waals surface area (Å²) in [4.78, 5) is 31.6. The van der Waals surface area contributed by atoms with Gasteiger partial charge in [-0.2, -0.15) is 0 Å². The Morgan fingerprint density at radius 1 is 1.45 bits per heavy atom. The number of fused-ring (bicyclic) bond motifs is 3. The Bertz CT molecular complexity index is 1150. The number of nitrogens with two attached hydrogens (primary N) is 1. The predicted octanol–water partition coefficient (Wildman–Crippen LogP) is 3.43. The summed E-state index contributed by atoms with van der Waals surface area (Å²) in [5.41, 5.74) is 8.07. The minimum Gasteiger partial charge on any atom is -0.372 e. The molecule has 0 aliphatic carbocycles. The van der Waals surface area contributed by atoms with Crippen LogP contribution in [0.1, 0.15) is 29.9 Å². The zero-order valence-corrected chi connectivity index (χ0v) is 18.2. The van der Waals surface area contributed by atoms with E-state index < -0.39 is 5.91 Å². The third-order valence-corrected chi connectivity index (χ3v) is 7.12. The number of aryl methyl sites for hydroxylation is 1. The Kier molecular flexibility index (Phi) is 5.50. The number of carbonyl (C=O) groups excluding carboxylic acids is 1. The smallest absolute Gasteiger partial charge is 0.267 e. The van der Waals surface area contributed by atoms with Gasteiger partial charge in [-0.3, -0.25) is 14.2 Å². The fourth-order valence-corrected chi connectivity index (χ4v) is 5.48. The number of hydrogen-bond donors (Lipinski definition) is 1. The molecule has 3 heterocycles. The van der Waals surface area contributed by atoms with Crippen LogP contribution >= 0.6 is 23.1 Å². The third-order valence-electron chi connectivity index (χ3n) is 5.06. The predicted molar refractivity (Wildman–Crippen MR) is 117 cm³/mol. The Morgan fingerprint density at radius 2 is 2.24 bits per heavy atom. The summed E-state index contributed by atoms with van der Waals surface area (Å²) in [6.45, 7) is 6.75. The van der Waals surface area contributed by atoms with Crippen LogP contribution in [0.5, 0.6) is 0 Å². The fraction of sp³-hybridized carbons (Fsp3) is 0.381. The molecule has 1 aliphatic heterocycles. The van der Waals surface area contributed by atoms with Gasteiger partial charge in [-0.05, 0) is 36.1 Å². The summed E-state index contributed by atoms with van der Waals surface area (Å²) in [5, 5.41) is 1.15. The van der Waals surface area contributed by atoms with E-state index in [-0.39, 0.29) is 17.4 Å². The van der Waals surface area contributed by atoms with Gasteiger partial charge in [0.1, 0.15) is 4.83 Å². The van der Waals surface area contributed by atoms with Crippen LogP contribution in [0.3, 0.4) is 0 Å². The highest BCUT2D eigenvalue weighted by atomic mass is 32.2. The first kappa shape index (κ1) is 20.1. The number of aromatic nitrogens is 2. The molecule has 152 valence electrons. The molecule has 1 unspecified atom stereocenters. The van der Waals surface area contributed by atoms with Gasteiger partial charge >= 0.3 is 0 Å². The maximum absolute atomic E-state index is 13.7. The van der Waals surface area contributed by atoms with Crippen LogP contribution in [0.2, 0.25) is 0 Å². The molecule has 2 aromatic heterocycles. The highest BCUT2D eigenvalue weighted by Gasteiger charge is 2.28. The van der Waals surface area contributed by atoms with Crippen molar-refractivity contribution in [2.45, 2.75) is 45.1 Å². The fourth-order valence-electron chi connectivity index (χ4n) is 3.56. The number of benzene rings is 1. The molecule has 0 saturated carbocycles. The van der Waals surface area contributed by atoms with E-state index in [1.807, 2.05) is 31.2 Å². The molecule has 1 aliphatic rings. The van der Waals surface area contributed by atoms with Gasteiger partial charge in [-0.1, -0.05) is 37.7 Å². The molecular formula is C21H23N3O3S2. The second-order valence-electron chi connectivity index (χ2n) is 7.61. The molecule has 8 heteroatoms. The number of carbonyl (C=O) groups is 1. The third kappa shape index (κ3) is 3.84. The van der Waals surface area contributed by atoms with E-state index in [1.54, 1.807) is 4.57 Å². The topological polar surface area (TPSA) is 87.2 Å². The van der Waals surface area contributed by atoms with Crippen LogP contribution in [-0.4, -0.2) is 27.3 Å². The van der Waals surface area contributed by atoms with Crippen LogP contribution < -0.4 is 11.3 Å². The second-order valence-corrected chi connectivity index (χ2v) is 9.64. The summed E-state index contributed by atoms with van der Waals surface area (Å²) in [6, 6.07) is 7.72. The van der Waals surface area contributed by atoms with Crippen LogP contribution in [0.25, 0.3) is 15.9 Å². The summed E-state index contributed by atoms with van der Waals surface area (Å²) >= 11 is 2.69. The van der Waals surface area contributed by atoms with Gasteiger partial charge in [-0.15, -0.1) is 11.3 Å². The zero-order chi connectivity index (χ0) is 20.7. The number of rotatable bonds is 5. The van der Waals surface area contributed by atoms with E-state index in [9.17, 15) is 9.59 Å². The van der Waals surface area contributed by atoms with Crippen molar-refractivity contribution in [3.8, 4) is 5.69 Å². The van der Waals surface area contributed by atoms with E-state index in [2.05, 4.69) is 13.8 Å². The molecule has 3 aromatic rings. The molecule has 0 spiro atoms. The Balaban J connectivity index is 1.94. The van der Waals surface area contributed by atoms with Crippen LogP contribution in [0.15, 0.2) is 34.2 Å². The van der Waals surface area contributed by atoms with Crippen molar-refractivity contribution in [2.24, 2.45) is 11.7 Å². The molecule has 0 fully saturated rings. The van der Waals surface area contributed by atoms with Gasteiger partial charge in [0, 0.05) is 11.3 Å². The summed E-state index contributed by atoms with van der Waals surface area (Å²) < 4.78 is 7.59. The SMILES string of the molecule is Cc1cccc(-n2c(SCC(N)=O)nc3sc4c(c3c2=O)CC(C(C)C)OC4)c1. The molecule has 0 radical (unpaired) electrons. The molecule has 2 N–H and O–H groups in total. The lowest BCUT2D eigenvalue weighted by Gasteiger charge is -2.26. The Labute approximate surface area is 177 Å². The monoisotopic (exact) mass is 429 g/mol. The molecule has 4 rings (SSSR count). The quantitative estimate of drug-likeness (QED) is 0.496. The van der Waals surface area contributed by atoms with Gasteiger partial charge in [0.2, 0.25) is 5.91 Å². The van der Waals surface area contributed by atoms with E-state index in [0.717, 1.165) is 21.7 Å². The maximum atomic E-state index is 13.7. The second kappa shape index (κ2) is 7.93. The Hall–Kier alpha value is -2.16. The minimum atomic E-state index is -0.446. The molecule has 0 bridgehead atoms. The van der Waals surface area contributed by atoms with E-state index >= 15 is 0 Å². The number of nitrogens with zero attached hydrogens (tertiary/aromatic N) is 2. The van der Waals surface area contributed by atoms with Gasteiger partial charge in [0.25, 0.3) is 5.56 Å². The standard InChI is InChI=1S/C21H23N3O3S2/c1-11(2)15-8-14-16(9-27-15)29-19-18(14)20(26)24(13-6-4-5-12(3)7-13)21(23-19)28-10-17(22)25/h4-7,11,15H,8-10H2,1-3H3,(H2,22,25). The molecule has 1 amide bonds. The first-order chi connectivity index (χ1) is 13.8. The minimum absolute atomic E-state index is 0.0629. The highest BCUT2D eigenvalue weighted by Crippen LogP contribution is 2.36. The lowest BCUT2D eigenvalue weighted by molar-refractivity contribution is -0.115.